The second kappa shape index (κ2) is 11.0. The van der Waals surface area contributed by atoms with Crippen LogP contribution in [-0.2, 0) is 31.0 Å². The van der Waals surface area contributed by atoms with Gasteiger partial charge in [-0.05, 0) is 31.1 Å². The van der Waals surface area contributed by atoms with E-state index in [2.05, 4.69) is 51.5 Å². The average Bonchev–Trinajstić information content (AvgIpc) is 3.23. The second-order valence-electron chi connectivity index (χ2n) is 4.21. The van der Waals surface area contributed by atoms with Crippen molar-refractivity contribution in [3.63, 3.8) is 0 Å². The van der Waals surface area contributed by atoms with Gasteiger partial charge in [-0.3, -0.25) is 0 Å². The Morgan fingerprint density at radius 2 is 1.25 bits per heavy atom. The monoisotopic (exact) mass is 418 g/mol. The second-order valence-corrected chi connectivity index (χ2v) is 6.13. The van der Waals surface area contributed by atoms with Crippen molar-refractivity contribution in [2.75, 3.05) is 0 Å². The van der Waals surface area contributed by atoms with E-state index in [0.29, 0.717) is 5.41 Å². The first-order chi connectivity index (χ1) is 10.3. The molecule has 0 aromatic carbocycles. The van der Waals surface area contributed by atoms with Gasteiger partial charge in [0.05, 0.1) is 0 Å². The molecular weight excluding hydrogens is 405 g/mol. The van der Waals surface area contributed by atoms with Crippen molar-refractivity contribution < 1.29 is 56.2 Å². The first-order valence-corrected chi connectivity index (χ1v) is 7.75. The molecule has 2 aliphatic carbocycles. The first-order valence-electron chi connectivity index (χ1n) is 5.72. The predicted octanol–water partition coefficient (Wildman–Crippen LogP) is 6.14. The zero-order valence-corrected chi connectivity index (χ0v) is 14.2. The molecule has 1 spiro atoms. The number of hydrogen-bond donors (Lipinski definition) is 0. The molecule has 139 valence electrons. The van der Waals surface area contributed by atoms with Gasteiger partial charge < -0.3 is 0 Å². The summed E-state index contributed by atoms with van der Waals surface area (Å²) in [6.07, 6.45) is 13.0. The molecule has 0 atom stereocenters. The smallest absolute Gasteiger partial charge is 0 e. The fourth-order valence-electron chi connectivity index (χ4n) is 1.78. The molecule has 2 rings (SSSR count). The molecule has 1 radical (unpaired) electrons. The SMILES string of the molecule is CCC1=CC=C[CH]C12CC2.F[P-](F)(F)(F)(F)F.[C-]#[O+].[C-]#[O+].[C-]#[O+].[Fe]. The zero-order valence-electron chi connectivity index (χ0n) is 12.2. The summed E-state index contributed by atoms with van der Waals surface area (Å²) in [7, 11) is -10.7. The largest absolute Gasteiger partial charge is 0 e. The van der Waals surface area contributed by atoms with Gasteiger partial charge in [0, 0.05) is 17.1 Å². The maximum absolute atomic E-state index is 10.7. The minimum absolute atomic E-state index is 0. The van der Waals surface area contributed by atoms with Crippen LogP contribution in [0, 0.1) is 31.8 Å². The molecule has 0 aliphatic heterocycles. The van der Waals surface area contributed by atoms with Crippen molar-refractivity contribution in [3.05, 3.63) is 50.2 Å². The molecule has 1 saturated carbocycles. The third kappa shape index (κ3) is 21.2. The zero-order chi connectivity index (χ0) is 19.4. The Hall–Kier alpha value is -0.771. The standard InChI is InChI=1S/C10H13.3CO.F6P.Fe/c1-2-9-5-3-4-6-10(9)7-8-10;3*1-2;1-7(2,3,4,5)6;/h3-6H,2,7-8H2,1H3;;;;;/q;;;;-1;. The Kier molecular flexibility index (Phi) is 14.2. The third-order valence-corrected chi connectivity index (χ3v) is 2.63. The molecule has 0 amide bonds. The summed E-state index contributed by atoms with van der Waals surface area (Å²) < 4.78 is 81.7. The van der Waals surface area contributed by atoms with Crippen molar-refractivity contribution in [1.82, 2.24) is 0 Å². The van der Waals surface area contributed by atoms with E-state index in [1.165, 1.54) is 19.3 Å². The molecule has 0 aromatic rings. The van der Waals surface area contributed by atoms with Gasteiger partial charge in [-0.2, -0.15) is 0 Å². The van der Waals surface area contributed by atoms with Crippen LogP contribution in [0.3, 0.4) is 0 Å². The third-order valence-electron chi connectivity index (χ3n) is 2.63. The number of hydrogen-bond acceptors (Lipinski definition) is 0. The summed E-state index contributed by atoms with van der Waals surface area (Å²) in [5, 5.41) is 0. The van der Waals surface area contributed by atoms with Gasteiger partial charge in [0.15, 0.2) is 0 Å². The van der Waals surface area contributed by atoms with E-state index in [9.17, 15) is 25.2 Å². The van der Waals surface area contributed by atoms with E-state index in [-0.39, 0.29) is 17.1 Å². The summed E-state index contributed by atoms with van der Waals surface area (Å²) in [6.45, 7) is 15.7. The van der Waals surface area contributed by atoms with E-state index in [1.54, 1.807) is 5.57 Å². The summed E-state index contributed by atoms with van der Waals surface area (Å²) in [5.41, 5.74) is 2.18. The molecular formula is C13H13F6FeO3P-. The van der Waals surface area contributed by atoms with Crippen LogP contribution in [0.2, 0.25) is 0 Å². The summed E-state index contributed by atoms with van der Waals surface area (Å²) in [5.74, 6) is 0. The fourth-order valence-corrected chi connectivity index (χ4v) is 1.78. The van der Waals surface area contributed by atoms with Gasteiger partial charge in [0.2, 0.25) is 0 Å². The van der Waals surface area contributed by atoms with Crippen LogP contribution in [0.25, 0.3) is 0 Å². The quantitative estimate of drug-likeness (QED) is 0.161. The van der Waals surface area contributed by atoms with Crippen LogP contribution in [0.1, 0.15) is 26.2 Å². The first kappa shape index (κ1) is 31.0. The molecule has 11 heteroatoms. The number of rotatable bonds is 1. The number of halogens is 6. The van der Waals surface area contributed by atoms with Crippen molar-refractivity contribution in [2.45, 2.75) is 26.2 Å². The maximum Gasteiger partial charge on any atom is 0 e. The molecule has 0 N–H and O–H groups in total. The summed E-state index contributed by atoms with van der Waals surface area (Å²) in [6, 6.07) is 0. The molecule has 0 saturated heterocycles. The van der Waals surface area contributed by atoms with E-state index < -0.39 is 7.81 Å². The Morgan fingerprint density at radius 1 is 0.917 bits per heavy atom. The van der Waals surface area contributed by atoms with Gasteiger partial charge in [0.1, 0.15) is 0 Å². The molecule has 0 heterocycles. The maximum atomic E-state index is 9.87. The molecule has 2 aliphatic rings. The van der Waals surface area contributed by atoms with Crippen LogP contribution in [-0.4, -0.2) is 0 Å². The minimum Gasteiger partial charge on any atom is 0 e. The summed E-state index contributed by atoms with van der Waals surface area (Å²) in [4.78, 5) is 0. The van der Waals surface area contributed by atoms with Gasteiger partial charge in [-0.15, -0.1) is 0 Å². The Morgan fingerprint density at radius 3 is 1.46 bits per heavy atom. The van der Waals surface area contributed by atoms with Gasteiger partial charge in [-0.1, -0.05) is 30.7 Å². The van der Waals surface area contributed by atoms with E-state index >= 15 is 0 Å². The van der Waals surface area contributed by atoms with Crippen LogP contribution < -0.4 is 0 Å². The van der Waals surface area contributed by atoms with E-state index in [0.717, 1.165) is 0 Å². The predicted molar refractivity (Wildman–Crippen MR) is 68.8 cm³/mol. The molecule has 0 bridgehead atoms. The molecule has 24 heavy (non-hydrogen) atoms. The average molecular weight is 418 g/mol. The van der Waals surface area contributed by atoms with Crippen molar-refractivity contribution in [3.8, 4) is 0 Å². The summed E-state index contributed by atoms with van der Waals surface area (Å²) >= 11 is 0. The van der Waals surface area contributed by atoms with Crippen LogP contribution >= 0.6 is 7.81 Å². The van der Waals surface area contributed by atoms with Crippen molar-refractivity contribution >= 4 is 7.81 Å². The van der Waals surface area contributed by atoms with E-state index in [4.69, 9.17) is 14.0 Å². The normalized spacial score (nSPS) is 18.1. The number of allylic oxidation sites excluding steroid dienone is 4. The topological polar surface area (TPSA) is 59.7 Å². The van der Waals surface area contributed by atoms with Crippen molar-refractivity contribution in [1.29, 1.82) is 0 Å². The van der Waals surface area contributed by atoms with Crippen LogP contribution in [0.15, 0.2) is 23.8 Å². The molecule has 3 nitrogen and oxygen atoms in total. The van der Waals surface area contributed by atoms with Gasteiger partial charge >= 0.3 is 66.9 Å². The van der Waals surface area contributed by atoms with Gasteiger partial charge in [-0.25, -0.2) is 0 Å². The Balaban J connectivity index is -0.000000128. The van der Waals surface area contributed by atoms with Crippen LogP contribution in [0.4, 0.5) is 25.2 Å². The fraction of sp³-hybridized carbons (Fsp3) is 0.385. The molecule has 1 fully saturated rings. The van der Waals surface area contributed by atoms with Crippen LogP contribution in [0.5, 0.6) is 0 Å². The Labute approximate surface area is 146 Å². The van der Waals surface area contributed by atoms with E-state index in [1.807, 2.05) is 0 Å². The Bertz CT molecular complexity index is 461. The molecule has 0 aromatic heterocycles. The van der Waals surface area contributed by atoms with Gasteiger partial charge in [0.25, 0.3) is 0 Å². The minimum atomic E-state index is -10.7. The van der Waals surface area contributed by atoms with Crippen molar-refractivity contribution in [2.24, 2.45) is 5.41 Å². The molecule has 0 unspecified atom stereocenters.